The van der Waals surface area contributed by atoms with Crippen molar-refractivity contribution in [3.05, 3.63) is 69.8 Å². The van der Waals surface area contributed by atoms with Gasteiger partial charge in [-0.1, -0.05) is 0 Å². The van der Waals surface area contributed by atoms with Crippen LogP contribution >= 0.6 is 11.3 Å². The number of benzene rings is 1. The molecule has 0 aliphatic carbocycles. The van der Waals surface area contributed by atoms with Crippen LogP contribution in [-0.4, -0.2) is 20.8 Å². The van der Waals surface area contributed by atoms with Crippen LogP contribution in [0.3, 0.4) is 0 Å². The van der Waals surface area contributed by atoms with Crippen LogP contribution in [-0.2, 0) is 0 Å². The molecule has 0 atom stereocenters. The fraction of sp³-hybridized carbons (Fsp3) is 0. The van der Waals surface area contributed by atoms with Crippen molar-refractivity contribution in [2.24, 2.45) is 0 Å². The largest absolute Gasteiger partial charge is 0.298 e. The summed E-state index contributed by atoms with van der Waals surface area (Å²) in [7, 11) is 0. The molecule has 0 spiro atoms. The second-order valence-electron chi connectivity index (χ2n) is 4.53. The van der Waals surface area contributed by atoms with E-state index in [4.69, 9.17) is 0 Å². The molecule has 0 saturated carbocycles. The van der Waals surface area contributed by atoms with Crippen LogP contribution in [0, 0.1) is 10.1 Å². The van der Waals surface area contributed by atoms with Crippen LogP contribution in [0.1, 0.15) is 10.4 Å². The molecular formula is C15H10N4O3S. The predicted molar refractivity (Wildman–Crippen MR) is 86.4 cm³/mol. The third-order valence-electron chi connectivity index (χ3n) is 3.04. The number of amides is 1. The molecule has 1 amide bonds. The van der Waals surface area contributed by atoms with Gasteiger partial charge in [-0.15, -0.1) is 11.3 Å². The average Bonchev–Trinajstić information content (AvgIpc) is 3.04. The maximum absolute atomic E-state index is 12.1. The molecule has 0 radical (unpaired) electrons. The summed E-state index contributed by atoms with van der Waals surface area (Å²) in [5.41, 5.74) is 1.93. The highest BCUT2D eigenvalue weighted by Gasteiger charge is 2.12. The highest BCUT2D eigenvalue weighted by atomic mass is 32.1. The second kappa shape index (κ2) is 6.32. The van der Waals surface area contributed by atoms with Gasteiger partial charge in [0.1, 0.15) is 0 Å². The number of carbonyl (C=O) groups excluding carboxylic acids is 1. The van der Waals surface area contributed by atoms with E-state index >= 15 is 0 Å². The van der Waals surface area contributed by atoms with Gasteiger partial charge in [0, 0.05) is 41.0 Å². The van der Waals surface area contributed by atoms with Crippen LogP contribution in [0.2, 0.25) is 0 Å². The fourth-order valence-electron chi connectivity index (χ4n) is 1.89. The molecule has 8 heteroatoms. The van der Waals surface area contributed by atoms with Gasteiger partial charge >= 0.3 is 0 Å². The summed E-state index contributed by atoms with van der Waals surface area (Å²) >= 11 is 1.30. The summed E-state index contributed by atoms with van der Waals surface area (Å²) < 4.78 is 0. The molecule has 0 bridgehead atoms. The Kier molecular flexibility index (Phi) is 4.07. The number of nitro benzene ring substituents is 1. The molecule has 1 aromatic carbocycles. The number of hydrogen-bond acceptors (Lipinski definition) is 6. The lowest BCUT2D eigenvalue weighted by atomic mass is 10.2. The molecule has 2 heterocycles. The van der Waals surface area contributed by atoms with E-state index < -0.39 is 4.92 Å². The highest BCUT2D eigenvalue weighted by molar-refractivity contribution is 7.14. The SMILES string of the molecule is O=C(Nc1nc(-c2ccncc2)cs1)c1ccc([N+](=O)[O-])cc1. The predicted octanol–water partition coefficient (Wildman–Crippen LogP) is 3.37. The van der Waals surface area contributed by atoms with Crippen molar-refractivity contribution in [1.29, 1.82) is 0 Å². The van der Waals surface area contributed by atoms with Crippen molar-refractivity contribution in [1.82, 2.24) is 9.97 Å². The summed E-state index contributed by atoms with van der Waals surface area (Å²) in [6, 6.07) is 9.06. The first-order valence-corrected chi connectivity index (χ1v) is 7.43. The molecule has 23 heavy (non-hydrogen) atoms. The van der Waals surface area contributed by atoms with Crippen molar-refractivity contribution in [2.75, 3.05) is 5.32 Å². The topological polar surface area (TPSA) is 98.0 Å². The Labute approximate surface area is 134 Å². The van der Waals surface area contributed by atoms with Crippen molar-refractivity contribution < 1.29 is 9.72 Å². The molecule has 0 unspecified atom stereocenters. The summed E-state index contributed by atoms with van der Waals surface area (Å²) in [6.07, 6.45) is 3.34. The number of aromatic nitrogens is 2. The first-order valence-electron chi connectivity index (χ1n) is 6.55. The summed E-state index contributed by atoms with van der Waals surface area (Å²) in [4.78, 5) is 30.5. The van der Waals surface area contributed by atoms with Crippen molar-refractivity contribution >= 4 is 28.1 Å². The molecule has 0 aliphatic heterocycles. The molecule has 7 nitrogen and oxygen atoms in total. The smallest absolute Gasteiger partial charge is 0.269 e. The van der Waals surface area contributed by atoms with Gasteiger partial charge in [-0.25, -0.2) is 4.98 Å². The number of carbonyl (C=O) groups is 1. The maximum atomic E-state index is 12.1. The summed E-state index contributed by atoms with van der Waals surface area (Å²) in [5.74, 6) is -0.365. The molecular weight excluding hydrogens is 316 g/mol. The lowest BCUT2D eigenvalue weighted by Gasteiger charge is -2.01. The van der Waals surface area contributed by atoms with Gasteiger partial charge in [0.25, 0.3) is 11.6 Å². The third kappa shape index (κ3) is 3.38. The van der Waals surface area contributed by atoms with Crippen molar-refractivity contribution in [3.8, 4) is 11.3 Å². The zero-order chi connectivity index (χ0) is 16.2. The zero-order valence-electron chi connectivity index (χ0n) is 11.7. The number of non-ortho nitro benzene ring substituents is 1. The number of nitro groups is 1. The quantitative estimate of drug-likeness (QED) is 0.585. The molecule has 3 rings (SSSR count). The van der Waals surface area contributed by atoms with Gasteiger partial charge in [-0.05, 0) is 24.3 Å². The number of nitrogens with zero attached hydrogens (tertiary/aromatic N) is 3. The third-order valence-corrected chi connectivity index (χ3v) is 3.80. The van der Waals surface area contributed by atoms with Crippen LogP contribution in [0.15, 0.2) is 54.2 Å². The minimum absolute atomic E-state index is 0.0595. The molecule has 2 aromatic heterocycles. The van der Waals surface area contributed by atoms with E-state index in [9.17, 15) is 14.9 Å². The van der Waals surface area contributed by atoms with Crippen molar-refractivity contribution in [2.45, 2.75) is 0 Å². The molecule has 1 N–H and O–H groups in total. The molecule has 0 aliphatic rings. The van der Waals surface area contributed by atoms with Gasteiger partial charge < -0.3 is 0 Å². The van der Waals surface area contributed by atoms with E-state index in [0.29, 0.717) is 10.7 Å². The van der Waals surface area contributed by atoms with Gasteiger partial charge in [-0.2, -0.15) is 0 Å². The van der Waals surface area contributed by atoms with E-state index in [0.717, 1.165) is 11.3 Å². The monoisotopic (exact) mass is 326 g/mol. The molecule has 114 valence electrons. The number of anilines is 1. The number of rotatable bonds is 4. The Morgan fingerprint density at radius 2 is 1.83 bits per heavy atom. The Bertz CT molecular complexity index is 847. The minimum Gasteiger partial charge on any atom is -0.298 e. The molecule has 3 aromatic rings. The summed E-state index contributed by atoms with van der Waals surface area (Å²) in [6.45, 7) is 0. The zero-order valence-corrected chi connectivity index (χ0v) is 12.5. The van der Waals surface area contributed by atoms with E-state index in [1.165, 1.54) is 35.6 Å². The normalized spacial score (nSPS) is 10.3. The first kappa shape index (κ1) is 14.8. The Morgan fingerprint density at radius 1 is 1.13 bits per heavy atom. The Hall–Kier alpha value is -3.13. The van der Waals surface area contributed by atoms with Crippen LogP contribution in [0.25, 0.3) is 11.3 Å². The lowest BCUT2D eigenvalue weighted by molar-refractivity contribution is -0.384. The Morgan fingerprint density at radius 3 is 2.48 bits per heavy atom. The van der Waals surface area contributed by atoms with Gasteiger partial charge in [-0.3, -0.25) is 25.2 Å². The van der Waals surface area contributed by atoms with Gasteiger partial charge in [0.05, 0.1) is 10.6 Å². The van der Waals surface area contributed by atoms with Crippen molar-refractivity contribution in [3.63, 3.8) is 0 Å². The maximum Gasteiger partial charge on any atom is 0.269 e. The molecule has 0 fully saturated rings. The van der Waals surface area contributed by atoms with E-state index in [2.05, 4.69) is 15.3 Å². The molecule has 0 saturated heterocycles. The minimum atomic E-state index is -0.510. The van der Waals surface area contributed by atoms with E-state index in [1.807, 2.05) is 17.5 Å². The van der Waals surface area contributed by atoms with Crippen LogP contribution < -0.4 is 5.32 Å². The van der Waals surface area contributed by atoms with E-state index in [1.54, 1.807) is 12.4 Å². The lowest BCUT2D eigenvalue weighted by Crippen LogP contribution is -2.11. The average molecular weight is 326 g/mol. The standard InChI is InChI=1S/C15H10N4O3S/c20-14(11-1-3-12(4-2-11)19(21)22)18-15-17-13(9-23-15)10-5-7-16-8-6-10/h1-9H,(H,17,18,20). The van der Waals surface area contributed by atoms with Gasteiger partial charge in [0.15, 0.2) is 5.13 Å². The number of hydrogen-bond donors (Lipinski definition) is 1. The number of pyridine rings is 1. The van der Waals surface area contributed by atoms with E-state index in [-0.39, 0.29) is 11.6 Å². The van der Waals surface area contributed by atoms with Gasteiger partial charge in [0.2, 0.25) is 0 Å². The second-order valence-corrected chi connectivity index (χ2v) is 5.39. The Balaban J connectivity index is 1.73. The summed E-state index contributed by atoms with van der Waals surface area (Å²) in [5, 5.41) is 15.6. The number of thiazole rings is 1. The highest BCUT2D eigenvalue weighted by Crippen LogP contribution is 2.24. The fourth-order valence-corrected chi connectivity index (χ4v) is 2.60. The first-order chi connectivity index (χ1) is 11.1. The van der Waals surface area contributed by atoms with Crippen LogP contribution in [0.5, 0.6) is 0 Å². The van der Waals surface area contributed by atoms with Crippen LogP contribution in [0.4, 0.5) is 10.8 Å². The number of nitrogens with one attached hydrogen (secondary N) is 1.